The van der Waals surface area contributed by atoms with Crippen LogP contribution in [0.4, 0.5) is 0 Å². The Hall–Kier alpha value is -0.650. The summed E-state index contributed by atoms with van der Waals surface area (Å²) in [6.45, 7) is 4.71. The standard InChI is InChI=1S/C14H18BrN3S/c15-11-4-5-12-13(10-11)18(14(19)16-12)9-3-8-17-6-1-2-7-17/h4-5,10H,1-3,6-9H2,(H,16,19). The highest BCUT2D eigenvalue weighted by atomic mass is 79.9. The molecule has 5 heteroatoms. The summed E-state index contributed by atoms with van der Waals surface area (Å²) in [5.74, 6) is 0. The van der Waals surface area contributed by atoms with Crippen molar-refractivity contribution in [1.82, 2.24) is 14.5 Å². The van der Waals surface area contributed by atoms with Crippen molar-refractivity contribution in [2.45, 2.75) is 25.8 Å². The van der Waals surface area contributed by atoms with Gasteiger partial charge in [-0.1, -0.05) is 15.9 Å². The van der Waals surface area contributed by atoms with Gasteiger partial charge in [-0.2, -0.15) is 0 Å². The number of halogens is 1. The zero-order valence-electron chi connectivity index (χ0n) is 10.9. The van der Waals surface area contributed by atoms with Gasteiger partial charge in [0.25, 0.3) is 0 Å². The number of aromatic amines is 1. The molecule has 0 aliphatic carbocycles. The van der Waals surface area contributed by atoms with Crippen LogP contribution in [0.15, 0.2) is 22.7 Å². The average molecular weight is 340 g/mol. The van der Waals surface area contributed by atoms with Crippen LogP contribution in [0.3, 0.4) is 0 Å². The van der Waals surface area contributed by atoms with Crippen molar-refractivity contribution in [2.75, 3.05) is 19.6 Å². The fourth-order valence-corrected chi connectivity index (χ4v) is 3.46. The third kappa shape index (κ3) is 2.93. The van der Waals surface area contributed by atoms with Crippen molar-refractivity contribution < 1.29 is 0 Å². The van der Waals surface area contributed by atoms with Crippen LogP contribution in [0.25, 0.3) is 11.0 Å². The summed E-state index contributed by atoms with van der Waals surface area (Å²) in [6.07, 6.45) is 3.88. The summed E-state index contributed by atoms with van der Waals surface area (Å²) in [5.41, 5.74) is 2.31. The second kappa shape index (κ2) is 5.77. The van der Waals surface area contributed by atoms with Crippen LogP contribution in [-0.2, 0) is 6.54 Å². The molecule has 0 bridgehead atoms. The van der Waals surface area contributed by atoms with E-state index in [1.165, 1.54) is 38.0 Å². The van der Waals surface area contributed by atoms with Crippen molar-refractivity contribution in [1.29, 1.82) is 0 Å². The maximum atomic E-state index is 5.42. The zero-order valence-corrected chi connectivity index (χ0v) is 13.3. The number of H-pyrrole nitrogens is 1. The van der Waals surface area contributed by atoms with Crippen LogP contribution in [0, 0.1) is 4.77 Å². The highest BCUT2D eigenvalue weighted by Crippen LogP contribution is 2.20. The molecule has 1 aliphatic heterocycles. The molecular formula is C14H18BrN3S. The smallest absolute Gasteiger partial charge is 0.178 e. The fourth-order valence-electron chi connectivity index (χ4n) is 2.81. The molecule has 1 N–H and O–H groups in total. The lowest BCUT2D eigenvalue weighted by Crippen LogP contribution is -2.21. The Morgan fingerprint density at radius 3 is 2.79 bits per heavy atom. The van der Waals surface area contributed by atoms with Gasteiger partial charge in [0.2, 0.25) is 0 Å². The number of rotatable bonds is 4. The molecule has 1 aliphatic rings. The minimum atomic E-state index is 0.828. The summed E-state index contributed by atoms with van der Waals surface area (Å²) in [7, 11) is 0. The molecule has 2 aromatic rings. The Bertz CT molecular complexity index is 625. The number of nitrogens with zero attached hydrogens (tertiary/aromatic N) is 2. The fraction of sp³-hybridized carbons (Fsp3) is 0.500. The molecule has 3 nitrogen and oxygen atoms in total. The topological polar surface area (TPSA) is 24.0 Å². The second-order valence-corrected chi connectivity index (χ2v) is 6.45. The monoisotopic (exact) mass is 339 g/mol. The van der Waals surface area contributed by atoms with Crippen LogP contribution in [0.2, 0.25) is 0 Å². The maximum absolute atomic E-state index is 5.42. The first-order chi connectivity index (χ1) is 9.24. The van der Waals surface area contributed by atoms with Gasteiger partial charge in [0, 0.05) is 11.0 Å². The molecule has 0 atom stereocenters. The molecule has 1 fully saturated rings. The molecule has 1 saturated heterocycles. The zero-order chi connectivity index (χ0) is 13.2. The van der Waals surface area contributed by atoms with Gasteiger partial charge >= 0.3 is 0 Å². The molecule has 0 unspecified atom stereocenters. The number of hydrogen-bond acceptors (Lipinski definition) is 2. The number of likely N-dealkylation sites (tertiary alicyclic amines) is 1. The lowest BCUT2D eigenvalue weighted by Gasteiger charge is -2.14. The number of aromatic nitrogens is 2. The first-order valence-electron chi connectivity index (χ1n) is 6.84. The minimum absolute atomic E-state index is 0.828. The average Bonchev–Trinajstić information content (AvgIpc) is 2.99. The second-order valence-electron chi connectivity index (χ2n) is 5.15. The van der Waals surface area contributed by atoms with Crippen LogP contribution in [0.1, 0.15) is 19.3 Å². The number of fused-ring (bicyclic) bond motifs is 1. The molecule has 2 heterocycles. The lowest BCUT2D eigenvalue weighted by atomic mass is 10.3. The molecule has 102 valence electrons. The molecule has 0 amide bonds. The third-order valence-electron chi connectivity index (χ3n) is 3.79. The van der Waals surface area contributed by atoms with E-state index in [9.17, 15) is 0 Å². The molecule has 19 heavy (non-hydrogen) atoms. The molecule has 0 spiro atoms. The third-order valence-corrected chi connectivity index (χ3v) is 4.61. The van der Waals surface area contributed by atoms with E-state index in [-0.39, 0.29) is 0 Å². The first kappa shape index (κ1) is 13.3. The number of nitrogens with one attached hydrogen (secondary N) is 1. The Kier molecular flexibility index (Phi) is 4.05. The van der Waals surface area contributed by atoms with Gasteiger partial charge in [0.05, 0.1) is 11.0 Å². The van der Waals surface area contributed by atoms with Crippen LogP contribution in [0.5, 0.6) is 0 Å². The number of hydrogen-bond donors (Lipinski definition) is 1. The van der Waals surface area contributed by atoms with Crippen LogP contribution >= 0.6 is 28.1 Å². The van der Waals surface area contributed by atoms with Gasteiger partial charge in [-0.25, -0.2) is 0 Å². The van der Waals surface area contributed by atoms with Gasteiger partial charge in [-0.3, -0.25) is 0 Å². The molecule has 0 saturated carbocycles. The van der Waals surface area contributed by atoms with E-state index in [0.717, 1.165) is 27.7 Å². The molecular weight excluding hydrogens is 322 g/mol. The van der Waals surface area contributed by atoms with Gasteiger partial charge in [-0.05, 0) is 69.3 Å². The van der Waals surface area contributed by atoms with Crippen molar-refractivity contribution in [2.24, 2.45) is 0 Å². The molecule has 1 aromatic heterocycles. The maximum Gasteiger partial charge on any atom is 0.178 e. The van der Waals surface area contributed by atoms with Gasteiger partial charge < -0.3 is 14.5 Å². The van der Waals surface area contributed by atoms with E-state index in [0.29, 0.717) is 0 Å². The van der Waals surface area contributed by atoms with Crippen LogP contribution in [-0.4, -0.2) is 34.1 Å². The summed E-state index contributed by atoms with van der Waals surface area (Å²) in [5, 5.41) is 0. The van der Waals surface area contributed by atoms with E-state index in [1.54, 1.807) is 0 Å². The summed E-state index contributed by atoms with van der Waals surface area (Å²) in [6, 6.07) is 6.26. The van der Waals surface area contributed by atoms with Gasteiger partial charge in [0.1, 0.15) is 0 Å². The Balaban J connectivity index is 1.74. The van der Waals surface area contributed by atoms with Crippen molar-refractivity contribution in [3.63, 3.8) is 0 Å². The molecule has 0 radical (unpaired) electrons. The van der Waals surface area contributed by atoms with Gasteiger partial charge in [0.15, 0.2) is 4.77 Å². The summed E-state index contributed by atoms with van der Waals surface area (Å²) < 4.78 is 4.14. The lowest BCUT2D eigenvalue weighted by molar-refractivity contribution is 0.326. The summed E-state index contributed by atoms with van der Waals surface area (Å²) >= 11 is 8.95. The number of benzene rings is 1. The predicted octanol–water partition coefficient (Wildman–Crippen LogP) is 3.95. The SMILES string of the molecule is S=c1[nH]c2ccc(Br)cc2n1CCCN1CCCC1. The Morgan fingerprint density at radius 2 is 2.00 bits per heavy atom. The normalized spacial score (nSPS) is 16.5. The van der Waals surface area contributed by atoms with E-state index >= 15 is 0 Å². The quantitative estimate of drug-likeness (QED) is 0.852. The highest BCUT2D eigenvalue weighted by Gasteiger charge is 2.11. The Morgan fingerprint density at radius 1 is 1.21 bits per heavy atom. The first-order valence-corrected chi connectivity index (χ1v) is 8.04. The van der Waals surface area contributed by atoms with E-state index < -0.39 is 0 Å². The van der Waals surface area contributed by atoms with E-state index in [4.69, 9.17) is 12.2 Å². The largest absolute Gasteiger partial charge is 0.331 e. The number of imidazole rings is 1. The van der Waals surface area contributed by atoms with E-state index in [1.807, 2.05) is 6.07 Å². The predicted molar refractivity (Wildman–Crippen MR) is 85.1 cm³/mol. The van der Waals surface area contributed by atoms with E-state index in [2.05, 4.69) is 42.5 Å². The molecule has 1 aromatic carbocycles. The highest BCUT2D eigenvalue weighted by molar-refractivity contribution is 9.10. The summed E-state index contributed by atoms with van der Waals surface area (Å²) in [4.78, 5) is 5.83. The van der Waals surface area contributed by atoms with Gasteiger partial charge in [-0.15, -0.1) is 0 Å². The van der Waals surface area contributed by atoms with Crippen molar-refractivity contribution >= 4 is 39.2 Å². The van der Waals surface area contributed by atoms with Crippen molar-refractivity contribution in [3.05, 3.63) is 27.4 Å². The Labute approximate surface area is 126 Å². The minimum Gasteiger partial charge on any atom is -0.331 e. The molecule has 3 rings (SSSR count). The number of aryl methyl sites for hydroxylation is 1. The van der Waals surface area contributed by atoms with Crippen LogP contribution < -0.4 is 0 Å². The van der Waals surface area contributed by atoms with Crippen molar-refractivity contribution in [3.8, 4) is 0 Å².